The number of hydrogen-bond acceptors (Lipinski definition) is 4. The van der Waals surface area contributed by atoms with E-state index in [1.807, 2.05) is 34.4 Å². The molecule has 0 saturated carbocycles. The highest BCUT2D eigenvalue weighted by Crippen LogP contribution is 2.41. The van der Waals surface area contributed by atoms with Gasteiger partial charge in [0.2, 0.25) is 0 Å². The third kappa shape index (κ3) is 5.22. The summed E-state index contributed by atoms with van der Waals surface area (Å²) in [5.41, 5.74) is 0.443. The van der Waals surface area contributed by atoms with Crippen LogP contribution >= 0.6 is 22.6 Å². The molecule has 1 fully saturated rings. The Bertz CT molecular complexity index is 743. The maximum atomic E-state index is 6.73. The molecule has 2 heterocycles. The third-order valence-electron chi connectivity index (χ3n) is 6.17. The number of hydrogen-bond donors (Lipinski definition) is 0. The molecule has 0 radical (unpaired) electrons. The average molecular weight is 529 g/mol. The molecule has 0 aromatic heterocycles. The Morgan fingerprint density at radius 1 is 1.17 bits per heavy atom. The molecule has 5 atom stereocenters. The lowest BCUT2D eigenvalue weighted by atomic mass is 9.98. The SMILES string of the molecule is CC(C)(C)[Si](C)(C)O[C@H]1C=C[C@H]2O[C@@H](c3ccccc3)OC[C@]2(C)O[C@@H]1/C=C\I. The van der Waals surface area contributed by atoms with Crippen LogP contribution in [0.4, 0.5) is 0 Å². The van der Waals surface area contributed by atoms with Crippen LogP contribution in [0.1, 0.15) is 39.5 Å². The zero-order valence-corrected chi connectivity index (χ0v) is 21.4. The van der Waals surface area contributed by atoms with Crippen molar-refractivity contribution >= 4 is 30.9 Å². The normalized spacial score (nSPS) is 33.5. The van der Waals surface area contributed by atoms with E-state index in [-0.39, 0.29) is 29.6 Å². The fourth-order valence-corrected chi connectivity index (χ4v) is 4.97. The van der Waals surface area contributed by atoms with Gasteiger partial charge in [0.1, 0.15) is 17.8 Å². The Morgan fingerprint density at radius 3 is 2.48 bits per heavy atom. The van der Waals surface area contributed by atoms with E-state index < -0.39 is 13.9 Å². The fraction of sp³-hybridized carbons (Fsp3) is 0.565. The monoisotopic (exact) mass is 528 g/mol. The molecule has 0 bridgehead atoms. The number of rotatable bonds is 4. The van der Waals surface area contributed by atoms with Crippen molar-refractivity contribution in [3.05, 3.63) is 58.2 Å². The standard InChI is InChI=1S/C23H33IO4Si/c1-22(2,3)29(5,6)28-19-12-13-20-23(4,27-18(19)14-15-24)16-25-21(26-20)17-10-8-7-9-11-17/h7-15,18-21H,16H2,1-6H3/b15-14-/t18-,19+,20-,21+,23+/m1/s1. The summed E-state index contributed by atoms with van der Waals surface area (Å²) in [5.74, 6) is 0. The first-order valence-electron chi connectivity index (χ1n) is 10.2. The number of ether oxygens (including phenoxy) is 3. The predicted molar refractivity (Wildman–Crippen MR) is 128 cm³/mol. The number of halogens is 1. The Hall–Kier alpha value is -0.513. The van der Waals surface area contributed by atoms with Crippen molar-refractivity contribution in [3.63, 3.8) is 0 Å². The molecule has 0 spiro atoms. The van der Waals surface area contributed by atoms with Crippen LogP contribution in [0.5, 0.6) is 0 Å². The second-order valence-electron chi connectivity index (χ2n) is 9.55. The number of benzene rings is 1. The van der Waals surface area contributed by atoms with Crippen molar-refractivity contribution < 1.29 is 18.6 Å². The minimum absolute atomic E-state index is 0.125. The van der Waals surface area contributed by atoms with Crippen molar-refractivity contribution in [2.45, 2.75) is 76.0 Å². The van der Waals surface area contributed by atoms with E-state index in [1.54, 1.807) is 0 Å². The first-order valence-corrected chi connectivity index (χ1v) is 14.3. The van der Waals surface area contributed by atoms with Gasteiger partial charge < -0.3 is 18.6 Å². The van der Waals surface area contributed by atoms with Crippen molar-refractivity contribution in [2.75, 3.05) is 6.61 Å². The molecule has 2 aliphatic heterocycles. The van der Waals surface area contributed by atoms with E-state index in [2.05, 4.69) is 81.6 Å². The van der Waals surface area contributed by atoms with Gasteiger partial charge in [0.25, 0.3) is 0 Å². The van der Waals surface area contributed by atoms with Gasteiger partial charge in [-0.15, -0.1) is 0 Å². The van der Waals surface area contributed by atoms with Crippen molar-refractivity contribution in [3.8, 4) is 0 Å². The predicted octanol–water partition coefficient (Wildman–Crippen LogP) is 6.15. The lowest BCUT2D eigenvalue weighted by Gasteiger charge is -2.44. The molecule has 4 nitrogen and oxygen atoms in total. The van der Waals surface area contributed by atoms with Gasteiger partial charge in [0, 0.05) is 5.56 Å². The molecule has 6 heteroatoms. The van der Waals surface area contributed by atoms with Gasteiger partial charge in [0.15, 0.2) is 14.6 Å². The first-order chi connectivity index (χ1) is 13.6. The summed E-state index contributed by atoms with van der Waals surface area (Å²) < 4.78 is 27.7. The Balaban J connectivity index is 1.85. The Kier molecular flexibility index (Phi) is 7.13. The third-order valence-corrected chi connectivity index (χ3v) is 11.1. The molecule has 0 amide bonds. The summed E-state index contributed by atoms with van der Waals surface area (Å²) in [7, 11) is -1.96. The summed E-state index contributed by atoms with van der Waals surface area (Å²) in [6.45, 7) is 13.8. The van der Waals surface area contributed by atoms with Gasteiger partial charge in [-0.05, 0) is 35.2 Å². The molecular weight excluding hydrogens is 495 g/mol. The van der Waals surface area contributed by atoms with Crippen LogP contribution in [0, 0.1) is 0 Å². The highest BCUT2D eigenvalue weighted by atomic mass is 127. The average Bonchev–Trinajstić information content (AvgIpc) is 2.78. The van der Waals surface area contributed by atoms with Crippen molar-refractivity contribution in [1.29, 1.82) is 0 Å². The highest BCUT2D eigenvalue weighted by Gasteiger charge is 2.48. The number of fused-ring (bicyclic) bond motifs is 1. The maximum Gasteiger partial charge on any atom is 0.193 e. The van der Waals surface area contributed by atoms with E-state index in [9.17, 15) is 0 Å². The summed E-state index contributed by atoms with van der Waals surface area (Å²) in [5, 5.41) is 0.125. The zero-order valence-electron chi connectivity index (χ0n) is 18.2. The van der Waals surface area contributed by atoms with Gasteiger partial charge in [0.05, 0.1) is 12.7 Å². The van der Waals surface area contributed by atoms with Crippen molar-refractivity contribution in [2.24, 2.45) is 0 Å². The molecule has 0 aliphatic carbocycles. The van der Waals surface area contributed by atoms with Crippen LogP contribution in [0.3, 0.4) is 0 Å². The van der Waals surface area contributed by atoms with E-state index in [4.69, 9.17) is 18.6 Å². The topological polar surface area (TPSA) is 36.9 Å². The van der Waals surface area contributed by atoms with E-state index in [1.165, 1.54) is 0 Å². The van der Waals surface area contributed by atoms with Crippen LogP contribution < -0.4 is 0 Å². The van der Waals surface area contributed by atoms with Gasteiger partial charge in [-0.25, -0.2) is 0 Å². The summed E-state index contributed by atoms with van der Waals surface area (Å²) in [4.78, 5) is 0. The molecular formula is C23H33IO4Si. The first kappa shape index (κ1) is 23.2. The summed E-state index contributed by atoms with van der Waals surface area (Å²) in [6.07, 6.45) is 5.37. The fourth-order valence-electron chi connectivity index (χ4n) is 3.32. The van der Waals surface area contributed by atoms with Crippen LogP contribution in [-0.4, -0.2) is 38.8 Å². The smallest absolute Gasteiger partial charge is 0.193 e. The summed E-state index contributed by atoms with van der Waals surface area (Å²) >= 11 is 2.24. The second-order valence-corrected chi connectivity index (χ2v) is 15.0. The van der Waals surface area contributed by atoms with Crippen LogP contribution in [0.15, 0.2) is 52.6 Å². The quantitative estimate of drug-likeness (QED) is 0.267. The Morgan fingerprint density at radius 2 is 1.86 bits per heavy atom. The Labute approximate surface area is 189 Å². The minimum Gasteiger partial charge on any atom is -0.408 e. The van der Waals surface area contributed by atoms with Crippen LogP contribution in [-0.2, 0) is 18.6 Å². The molecule has 1 aromatic rings. The lowest BCUT2D eigenvalue weighted by Crippen LogP contribution is -2.53. The highest BCUT2D eigenvalue weighted by molar-refractivity contribution is 14.1. The van der Waals surface area contributed by atoms with Gasteiger partial charge in [-0.3, -0.25) is 0 Å². The molecule has 3 rings (SSSR count). The van der Waals surface area contributed by atoms with Gasteiger partial charge in [-0.1, -0.05) is 85.8 Å². The van der Waals surface area contributed by atoms with E-state index >= 15 is 0 Å². The second kappa shape index (κ2) is 8.92. The molecule has 1 aromatic carbocycles. The van der Waals surface area contributed by atoms with Crippen molar-refractivity contribution in [1.82, 2.24) is 0 Å². The molecule has 160 valence electrons. The lowest BCUT2D eigenvalue weighted by molar-refractivity contribution is -0.293. The van der Waals surface area contributed by atoms with Crippen LogP contribution in [0.2, 0.25) is 18.1 Å². The maximum absolute atomic E-state index is 6.73. The molecule has 29 heavy (non-hydrogen) atoms. The molecule has 1 saturated heterocycles. The van der Waals surface area contributed by atoms with Gasteiger partial charge in [-0.2, -0.15) is 0 Å². The molecule has 2 aliphatic rings. The molecule has 0 unspecified atom stereocenters. The zero-order chi connectivity index (χ0) is 21.3. The van der Waals surface area contributed by atoms with E-state index in [0.717, 1.165) is 5.56 Å². The summed E-state index contributed by atoms with van der Waals surface area (Å²) in [6, 6.07) is 10.0. The molecule has 0 N–H and O–H groups in total. The van der Waals surface area contributed by atoms with Crippen LogP contribution in [0.25, 0.3) is 0 Å². The van der Waals surface area contributed by atoms with E-state index in [0.29, 0.717) is 6.61 Å². The minimum atomic E-state index is -1.96. The van der Waals surface area contributed by atoms with Gasteiger partial charge >= 0.3 is 0 Å². The largest absolute Gasteiger partial charge is 0.408 e.